The Bertz CT molecular complexity index is 1810. The number of thioether (sulfide) groups is 1. The number of anilines is 1. The number of carbonyl (C=O) groups excluding carboxylic acids is 2. The molecule has 0 bridgehead atoms. The van der Waals surface area contributed by atoms with E-state index >= 15 is 0 Å². The number of nitrogens with zero attached hydrogens (tertiary/aromatic N) is 2. The zero-order chi connectivity index (χ0) is 29.1. The average Bonchev–Trinajstić information content (AvgIpc) is 3.50. The summed E-state index contributed by atoms with van der Waals surface area (Å²) in [5.74, 6) is -0.777. The lowest BCUT2D eigenvalue weighted by Crippen LogP contribution is -2.23. The van der Waals surface area contributed by atoms with Crippen molar-refractivity contribution in [3.8, 4) is 16.1 Å². The van der Waals surface area contributed by atoms with Crippen LogP contribution in [0, 0.1) is 0 Å². The zero-order valence-corrected chi connectivity index (χ0v) is 25.5. The number of hydrogen-bond acceptors (Lipinski definition) is 8. The molecule has 42 heavy (non-hydrogen) atoms. The van der Waals surface area contributed by atoms with Gasteiger partial charge in [-0.2, -0.15) is 0 Å². The maximum Gasteiger partial charge on any atom is 0.341 e. The summed E-state index contributed by atoms with van der Waals surface area (Å²) in [5.41, 5.74) is 3.02. The maximum atomic E-state index is 14.0. The van der Waals surface area contributed by atoms with E-state index in [4.69, 9.17) is 9.72 Å². The van der Waals surface area contributed by atoms with Crippen molar-refractivity contribution in [3.05, 3.63) is 93.1 Å². The summed E-state index contributed by atoms with van der Waals surface area (Å²) in [6.07, 6.45) is 5.23. The highest BCUT2D eigenvalue weighted by atomic mass is 32.2. The van der Waals surface area contributed by atoms with E-state index < -0.39 is 5.97 Å². The first-order chi connectivity index (χ1) is 20.5. The Balaban J connectivity index is 1.31. The Morgan fingerprint density at radius 2 is 1.74 bits per heavy atom. The van der Waals surface area contributed by atoms with Crippen LogP contribution in [0.3, 0.4) is 0 Å². The molecule has 0 fully saturated rings. The topological polar surface area (TPSA) is 90.3 Å². The Morgan fingerprint density at radius 3 is 2.50 bits per heavy atom. The van der Waals surface area contributed by atoms with Crippen LogP contribution in [-0.4, -0.2) is 33.8 Å². The maximum absolute atomic E-state index is 14.0. The number of aryl methyl sites for hydroxylation is 2. The van der Waals surface area contributed by atoms with Gasteiger partial charge >= 0.3 is 5.97 Å². The summed E-state index contributed by atoms with van der Waals surface area (Å²) in [6, 6.07) is 20.9. The van der Waals surface area contributed by atoms with Crippen molar-refractivity contribution >= 4 is 61.5 Å². The molecule has 0 aliphatic heterocycles. The molecule has 3 aromatic heterocycles. The number of amides is 1. The molecule has 1 amide bonds. The zero-order valence-electron chi connectivity index (χ0n) is 23.1. The molecule has 0 unspecified atom stereocenters. The molecule has 0 atom stereocenters. The van der Waals surface area contributed by atoms with Gasteiger partial charge in [-0.1, -0.05) is 66.7 Å². The lowest BCUT2D eigenvalue weighted by atomic mass is 10.1. The molecule has 0 saturated heterocycles. The first-order valence-corrected chi connectivity index (χ1v) is 16.6. The molecule has 0 saturated carbocycles. The Kier molecular flexibility index (Phi) is 8.55. The number of benzene rings is 2. The summed E-state index contributed by atoms with van der Waals surface area (Å²) in [5, 5.41) is 4.52. The minimum atomic E-state index is -0.485. The van der Waals surface area contributed by atoms with E-state index in [2.05, 4.69) is 5.32 Å². The molecule has 214 valence electrons. The van der Waals surface area contributed by atoms with E-state index in [-0.39, 0.29) is 23.8 Å². The highest BCUT2D eigenvalue weighted by molar-refractivity contribution is 7.99. The number of rotatable bonds is 8. The van der Waals surface area contributed by atoms with Gasteiger partial charge < -0.3 is 10.1 Å². The normalized spacial score (nSPS) is 13.0. The highest BCUT2D eigenvalue weighted by Gasteiger charge is 2.24. The number of aromatic nitrogens is 2. The third kappa shape index (κ3) is 5.79. The predicted octanol–water partition coefficient (Wildman–Crippen LogP) is 7.35. The van der Waals surface area contributed by atoms with Crippen LogP contribution in [0.2, 0.25) is 0 Å². The number of ether oxygens (including phenoxy) is 1. The van der Waals surface area contributed by atoms with Gasteiger partial charge in [0.15, 0.2) is 5.16 Å². The van der Waals surface area contributed by atoms with Gasteiger partial charge in [0.25, 0.3) is 5.56 Å². The van der Waals surface area contributed by atoms with Crippen LogP contribution in [0.25, 0.3) is 26.3 Å². The van der Waals surface area contributed by atoms with Gasteiger partial charge in [0.1, 0.15) is 9.83 Å². The Labute approximate surface area is 255 Å². The highest BCUT2D eigenvalue weighted by Crippen LogP contribution is 2.37. The predicted molar refractivity (Wildman–Crippen MR) is 172 cm³/mol. The number of thiophene rings is 2. The van der Waals surface area contributed by atoms with E-state index in [0.717, 1.165) is 46.5 Å². The number of hydrogen-bond donors (Lipinski definition) is 1. The summed E-state index contributed by atoms with van der Waals surface area (Å²) in [4.78, 5) is 47.8. The standard InChI is InChI=1S/C32H29N3O4S3/c1-2-39-31(38)23-18-25(20-12-6-3-7-13-20)42-28(23)33-26(36)19-40-32-34-29-27(22-16-10-5-11-17-24(22)41-29)30(37)35(32)21-14-8-4-9-15-21/h3-4,6-9,12-15,18H,2,5,10-11,16-17,19H2,1H3,(H,33,36). The van der Waals surface area contributed by atoms with Crippen LogP contribution in [0.1, 0.15) is 47.0 Å². The molecular formula is C32H29N3O4S3. The molecule has 10 heteroatoms. The number of para-hydroxylation sites is 1. The number of carbonyl (C=O) groups is 2. The first-order valence-electron chi connectivity index (χ1n) is 13.9. The number of esters is 1. The molecule has 7 nitrogen and oxygen atoms in total. The van der Waals surface area contributed by atoms with Gasteiger partial charge in [0, 0.05) is 9.75 Å². The lowest BCUT2D eigenvalue weighted by Gasteiger charge is -2.12. The molecular weight excluding hydrogens is 587 g/mol. The molecule has 0 spiro atoms. The van der Waals surface area contributed by atoms with Crippen molar-refractivity contribution in [3.63, 3.8) is 0 Å². The largest absolute Gasteiger partial charge is 0.462 e. The summed E-state index contributed by atoms with van der Waals surface area (Å²) in [7, 11) is 0. The van der Waals surface area contributed by atoms with Crippen molar-refractivity contribution in [2.45, 2.75) is 44.2 Å². The third-order valence-corrected chi connectivity index (χ3v) is 10.3. The van der Waals surface area contributed by atoms with Crippen LogP contribution < -0.4 is 10.9 Å². The van der Waals surface area contributed by atoms with E-state index in [9.17, 15) is 14.4 Å². The molecule has 1 N–H and O–H groups in total. The second-order valence-electron chi connectivity index (χ2n) is 9.89. The van der Waals surface area contributed by atoms with Gasteiger partial charge in [-0.15, -0.1) is 22.7 Å². The minimum absolute atomic E-state index is 0.0106. The number of fused-ring (bicyclic) bond motifs is 3. The second-order valence-corrected chi connectivity index (χ2v) is 13.0. The van der Waals surface area contributed by atoms with Crippen LogP contribution in [0.5, 0.6) is 0 Å². The quantitative estimate of drug-likeness (QED) is 0.0850. The molecule has 1 aliphatic rings. The molecule has 5 aromatic rings. The lowest BCUT2D eigenvalue weighted by molar-refractivity contribution is -0.113. The summed E-state index contributed by atoms with van der Waals surface area (Å²) < 4.78 is 6.88. The molecule has 3 heterocycles. The first kappa shape index (κ1) is 28.4. The second kappa shape index (κ2) is 12.6. The van der Waals surface area contributed by atoms with Crippen LogP contribution in [-0.2, 0) is 22.4 Å². The SMILES string of the molecule is CCOC(=O)c1cc(-c2ccccc2)sc1NC(=O)CSc1nc2sc3c(c2c(=O)n1-c1ccccc1)CCCCC3. The van der Waals surface area contributed by atoms with Crippen LogP contribution in [0.15, 0.2) is 76.7 Å². The number of nitrogens with one attached hydrogen (secondary N) is 1. The van der Waals surface area contributed by atoms with Crippen molar-refractivity contribution in [1.82, 2.24) is 9.55 Å². The van der Waals surface area contributed by atoms with Crippen molar-refractivity contribution in [2.75, 3.05) is 17.7 Å². The minimum Gasteiger partial charge on any atom is -0.462 e. The van der Waals surface area contributed by atoms with E-state index in [1.807, 2.05) is 60.7 Å². The van der Waals surface area contributed by atoms with Gasteiger partial charge in [-0.25, -0.2) is 9.78 Å². The summed E-state index contributed by atoms with van der Waals surface area (Å²) in [6.45, 7) is 1.98. The molecule has 1 aliphatic carbocycles. The van der Waals surface area contributed by atoms with Gasteiger partial charge in [0.2, 0.25) is 5.91 Å². The van der Waals surface area contributed by atoms with E-state index in [1.54, 1.807) is 28.9 Å². The van der Waals surface area contributed by atoms with E-state index in [1.165, 1.54) is 34.4 Å². The van der Waals surface area contributed by atoms with Crippen LogP contribution >= 0.6 is 34.4 Å². The fourth-order valence-corrected chi connectivity index (χ4v) is 8.33. The molecule has 0 radical (unpaired) electrons. The van der Waals surface area contributed by atoms with Gasteiger partial charge in [-0.05, 0) is 61.9 Å². The Morgan fingerprint density at radius 1 is 1.00 bits per heavy atom. The smallest absolute Gasteiger partial charge is 0.341 e. The van der Waals surface area contributed by atoms with Gasteiger partial charge in [0.05, 0.1) is 29.0 Å². The fraction of sp³-hybridized carbons (Fsp3) is 0.250. The van der Waals surface area contributed by atoms with Crippen molar-refractivity contribution in [2.24, 2.45) is 0 Å². The Hall–Kier alpha value is -3.73. The third-order valence-electron chi connectivity index (χ3n) is 7.09. The van der Waals surface area contributed by atoms with E-state index in [0.29, 0.717) is 26.8 Å². The molecule has 6 rings (SSSR count). The van der Waals surface area contributed by atoms with Gasteiger partial charge in [-0.3, -0.25) is 14.2 Å². The van der Waals surface area contributed by atoms with Crippen LogP contribution in [0.4, 0.5) is 5.00 Å². The monoisotopic (exact) mass is 615 g/mol. The molecule has 2 aromatic carbocycles. The summed E-state index contributed by atoms with van der Waals surface area (Å²) >= 11 is 4.14. The van der Waals surface area contributed by atoms with Crippen molar-refractivity contribution < 1.29 is 14.3 Å². The fourth-order valence-electron chi connectivity index (χ4n) is 5.15. The average molecular weight is 616 g/mol. The van der Waals surface area contributed by atoms with Crippen molar-refractivity contribution in [1.29, 1.82) is 0 Å².